The Labute approximate surface area is 181 Å². The smallest absolute Gasteiger partial charge is 0.338 e. The van der Waals surface area contributed by atoms with E-state index in [4.69, 9.17) is 4.74 Å². The van der Waals surface area contributed by atoms with Crippen LogP contribution in [-0.2, 0) is 19.6 Å². The highest BCUT2D eigenvalue weighted by Gasteiger charge is 2.28. The molecule has 2 aromatic rings. The van der Waals surface area contributed by atoms with Gasteiger partial charge in [-0.05, 0) is 62.1 Å². The summed E-state index contributed by atoms with van der Waals surface area (Å²) in [5.74, 6) is -2.13. The Bertz CT molecular complexity index is 1100. The number of sulfonamides is 1. The molecule has 1 fully saturated rings. The Morgan fingerprint density at radius 3 is 2.45 bits per heavy atom. The first kappa shape index (κ1) is 22.9. The minimum absolute atomic E-state index is 0.0168. The molecule has 31 heavy (non-hydrogen) atoms. The summed E-state index contributed by atoms with van der Waals surface area (Å²) in [6.07, 6.45) is 2.60. The molecule has 1 N–H and O–H groups in total. The normalized spacial score (nSPS) is 14.8. The Morgan fingerprint density at radius 2 is 1.77 bits per heavy atom. The quantitative estimate of drug-likeness (QED) is 0.684. The van der Waals surface area contributed by atoms with Crippen LogP contribution in [0.4, 0.5) is 10.1 Å². The van der Waals surface area contributed by atoms with Gasteiger partial charge in [-0.15, -0.1) is 0 Å². The molecule has 0 spiro atoms. The predicted octanol–water partition coefficient (Wildman–Crippen LogP) is 3.41. The second-order valence-electron chi connectivity index (χ2n) is 7.55. The number of carbonyl (C=O) groups is 2. The van der Waals surface area contributed by atoms with Gasteiger partial charge in [0.2, 0.25) is 10.0 Å². The number of nitrogens with one attached hydrogen (secondary N) is 1. The van der Waals surface area contributed by atoms with Gasteiger partial charge in [0.15, 0.2) is 6.61 Å². The van der Waals surface area contributed by atoms with Crippen molar-refractivity contribution in [3.8, 4) is 0 Å². The third kappa shape index (κ3) is 5.48. The summed E-state index contributed by atoms with van der Waals surface area (Å²) in [6, 6.07) is 8.60. The van der Waals surface area contributed by atoms with Crippen LogP contribution < -0.4 is 5.32 Å². The van der Waals surface area contributed by atoms with Crippen molar-refractivity contribution in [2.45, 2.75) is 38.0 Å². The molecule has 0 saturated carbocycles. The van der Waals surface area contributed by atoms with E-state index in [9.17, 15) is 22.4 Å². The number of piperidine rings is 1. The number of carbonyl (C=O) groups excluding carboxylic acids is 2. The van der Waals surface area contributed by atoms with E-state index in [0.717, 1.165) is 19.3 Å². The molecule has 166 valence electrons. The molecule has 1 amide bonds. The van der Waals surface area contributed by atoms with Gasteiger partial charge in [-0.1, -0.05) is 18.6 Å². The average molecular weight is 449 g/mol. The molecule has 3 rings (SSSR count). The Morgan fingerprint density at radius 1 is 1.06 bits per heavy atom. The zero-order valence-corrected chi connectivity index (χ0v) is 18.3. The SMILES string of the molecule is Cc1ccc(NC(=O)COC(=O)c2ccc(C)c(S(=O)(=O)N3CCCCC3)c2)c(F)c1. The summed E-state index contributed by atoms with van der Waals surface area (Å²) in [5, 5.41) is 2.34. The van der Waals surface area contributed by atoms with Crippen LogP contribution in [0.1, 0.15) is 40.7 Å². The van der Waals surface area contributed by atoms with Crippen molar-refractivity contribution in [3.63, 3.8) is 0 Å². The lowest BCUT2D eigenvalue weighted by Crippen LogP contribution is -2.36. The Hall–Kier alpha value is -2.78. The summed E-state index contributed by atoms with van der Waals surface area (Å²) < 4.78 is 46.2. The minimum Gasteiger partial charge on any atom is -0.452 e. The van der Waals surface area contributed by atoms with Gasteiger partial charge in [0.1, 0.15) is 5.82 Å². The van der Waals surface area contributed by atoms with Crippen molar-refractivity contribution < 1.29 is 27.1 Å². The maximum absolute atomic E-state index is 13.8. The van der Waals surface area contributed by atoms with Crippen LogP contribution in [0.15, 0.2) is 41.3 Å². The molecule has 1 heterocycles. The van der Waals surface area contributed by atoms with Crippen molar-refractivity contribution in [3.05, 3.63) is 58.9 Å². The fraction of sp³-hybridized carbons (Fsp3) is 0.364. The first-order valence-corrected chi connectivity index (χ1v) is 11.5. The summed E-state index contributed by atoms with van der Waals surface area (Å²) in [4.78, 5) is 24.5. The van der Waals surface area contributed by atoms with Gasteiger partial charge in [-0.3, -0.25) is 4.79 Å². The highest BCUT2D eigenvalue weighted by atomic mass is 32.2. The number of nitrogens with zero attached hydrogens (tertiary/aromatic N) is 1. The Kier molecular flexibility index (Phi) is 7.07. The molecule has 1 aliphatic rings. The zero-order chi connectivity index (χ0) is 22.6. The third-order valence-corrected chi connectivity index (χ3v) is 7.13. The van der Waals surface area contributed by atoms with Crippen LogP contribution in [0.25, 0.3) is 0 Å². The summed E-state index contributed by atoms with van der Waals surface area (Å²) in [5.41, 5.74) is 1.23. The van der Waals surface area contributed by atoms with E-state index in [-0.39, 0.29) is 16.1 Å². The standard InChI is InChI=1S/C22H25FN2O5S/c1-15-6-9-19(18(23)12-15)24-21(26)14-30-22(27)17-8-7-16(2)20(13-17)31(28,29)25-10-4-3-5-11-25/h6-9,12-13H,3-5,10-11,14H2,1-2H3,(H,24,26). The number of benzene rings is 2. The second-order valence-corrected chi connectivity index (χ2v) is 9.46. The van der Waals surface area contributed by atoms with E-state index < -0.39 is 34.3 Å². The first-order valence-electron chi connectivity index (χ1n) is 10.0. The van der Waals surface area contributed by atoms with Crippen LogP contribution >= 0.6 is 0 Å². The van der Waals surface area contributed by atoms with E-state index in [1.165, 1.54) is 34.6 Å². The van der Waals surface area contributed by atoms with Crippen molar-refractivity contribution in [2.75, 3.05) is 25.0 Å². The number of hydrogen-bond donors (Lipinski definition) is 1. The number of rotatable bonds is 6. The average Bonchev–Trinajstić information content (AvgIpc) is 2.75. The van der Waals surface area contributed by atoms with E-state index in [0.29, 0.717) is 24.2 Å². The van der Waals surface area contributed by atoms with Crippen LogP contribution in [-0.4, -0.2) is 44.3 Å². The fourth-order valence-electron chi connectivity index (χ4n) is 3.37. The first-order chi connectivity index (χ1) is 14.7. The van der Waals surface area contributed by atoms with Crippen LogP contribution in [0.3, 0.4) is 0 Å². The van der Waals surface area contributed by atoms with E-state index in [1.807, 2.05) is 0 Å². The number of hydrogen-bond acceptors (Lipinski definition) is 5. The number of aryl methyl sites for hydroxylation is 2. The van der Waals surface area contributed by atoms with Crippen LogP contribution in [0.2, 0.25) is 0 Å². The molecule has 0 unspecified atom stereocenters. The van der Waals surface area contributed by atoms with Crippen molar-refractivity contribution in [2.24, 2.45) is 0 Å². The highest BCUT2D eigenvalue weighted by Crippen LogP contribution is 2.24. The lowest BCUT2D eigenvalue weighted by Gasteiger charge is -2.26. The predicted molar refractivity (Wildman–Crippen MR) is 114 cm³/mol. The van der Waals surface area contributed by atoms with E-state index in [2.05, 4.69) is 5.32 Å². The molecule has 0 aromatic heterocycles. The number of esters is 1. The molecule has 0 atom stereocenters. The number of amides is 1. The van der Waals surface area contributed by atoms with Crippen LogP contribution in [0, 0.1) is 19.7 Å². The Balaban J connectivity index is 1.68. The molecule has 1 saturated heterocycles. The van der Waals surface area contributed by atoms with Crippen molar-refractivity contribution in [1.82, 2.24) is 4.31 Å². The topological polar surface area (TPSA) is 92.8 Å². The molecule has 7 nitrogen and oxygen atoms in total. The van der Waals surface area contributed by atoms with Gasteiger partial charge in [-0.25, -0.2) is 17.6 Å². The van der Waals surface area contributed by atoms with Gasteiger partial charge in [-0.2, -0.15) is 4.31 Å². The maximum Gasteiger partial charge on any atom is 0.338 e. The second kappa shape index (κ2) is 9.57. The minimum atomic E-state index is -3.72. The molecule has 0 bridgehead atoms. The summed E-state index contributed by atoms with van der Waals surface area (Å²) >= 11 is 0. The molecular formula is C22H25FN2O5S. The fourth-order valence-corrected chi connectivity index (χ4v) is 5.14. The van der Waals surface area contributed by atoms with Gasteiger partial charge in [0.25, 0.3) is 5.91 Å². The van der Waals surface area contributed by atoms with Crippen LogP contribution in [0.5, 0.6) is 0 Å². The summed E-state index contributed by atoms with van der Waals surface area (Å²) in [6.45, 7) is 3.65. The van der Waals surface area contributed by atoms with Crippen molar-refractivity contribution in [1.29, 1.82) is 0 Å². The zero-order valence-electron chi connectivity index (χ0n) is 17.5. The van der Waals surface area contributed by atoms with Gasteiger partial charge in [0.05, 0.1) is 16.1 Å². The van der Waals surface area contributed by atoms with Gasteiger partial charge >= 0.3 is 5.97 Å². The molecule has 0 radical (unpaired) electrons. The molecular weight excluding hydrogens is 423 g/mol. The molecule has 2 aromatic carbocycles. The third-order valence-electron chi connectivity index (χ3n) is 5.09. The van der Waals surface area contributed by atoms with Crippen molar-refractivity contribution >= 4 is 27.6 Å². The highest BCUT2D eigenvalue weighted by molar-refractivity contribution is 7.89. The molecule has 9 heteroatoms. The largest absolute Gasteiger partial charge is 0.452 e. The number of anilines is 1. The summed E-state index contributed by atoms with van der Waals surface area (Å²) in [7, 11) is -3.72. The number of ether oxygens (including phenoxy) is 1. The lowest BCUT2D eigenvalue weighted by molar-refractivity contribution is -0.119. The van der Waals surface area contributed by atoms with E-state index >= 15 is 0 Å². The van der Waals surface area contributed by atoms with Gasteiger partial charge in [0, 0.05) is 13.1 Å². The lowest BCUT2D eigenvalue weighted by atomic mass is 10.1. The maximum atomic E-state index is 13.8. The molecule has 0 aliphatic carbocycles. The monoisotopic (exact) mass is 448 g/mol. The molecule has 1 aliphatic heterocycles. The van der Waals surface area contributed by atoms with E-state index in [1.54, 1.807) is 19.9 Å². The number of halogens is 1. The van der Waals surface area contributed by atoms with Gasteiger partial charge < -0.3 is 10.1 Å².